The van der Waals surface area contributed by atoms with Crippen LogP contribution in [0.5, 0.6) is 17.2 Å². The number of carbonyl (C=O) groups excluding carboxylic acids is 1. The largest absolute Gasteiger partial charge is 0.493 e. The predicted octanol–water partition coefficient (Wildman–Crippen LogP) is 2.47. The fraction of sp³-hybridized carbons (Fsp3) is 0.522. The third kappa shape index (κ3) is 8.74. The molecule has 0 bridgehead atoms. The summed E-state index contributed by atoms with van der Waals surface area (Å²) in [5.74, 6) is 2.35. The number of hydrogen-bond acceptors (Lipinski definition) is 10. The maximum absolute atomic E-state index is 12.0. The Morgan fingerprint density at radius 1 is 0.970 bits per heavy atom. The molecule has 6 N–H and O–H groups in total. The molecule has 2 rings (SSSR count). The Kier molecular flexibility index (Phi) is 11.2. The summed E-state index contributed by atoms with van der Waals surface area (Å²) in [6, 6.07) is 3.73. The summed E-state index contributed by atoms with van der Waals surface area (Å²) in [4.78, 5) is 20.0. The van der Waals surface area contributed by atoms with Crippen molar-refractivity contribution in [2.75, 3.05) is 45.6 Å². The van der Waals surface area contributed by atoms with Crippen LogP contribution in [-0.2, 0) is 16.0 Å². The van der Waals surface area contributed by atoms with Gasteiger partial charge in [0.1, 0.15) is 11.6 Å². The van der Waals surface area contributed by atoms with Crippen molar-refractivity contribution in [3.05, 3.63) is 29.5 Å². The van der Waals surface area contributed by atoms with Crippen LogP contribution >= 0.6 is 0 Å². The van der Waals surface area contributed by atoms with Gasteiger partial charge in [0.2, 0.25) is 11.7 Å². The van der Waals surface area contributed by atoms with Gasteiger partial charge in [-0.3, -0.25) is 4.79 Å². The highest BCUT2D eigenvalue weighted by atomic mass is 16.5. The lowest BCUT2D eigenvalue weighted by Crippen LogP contribution is -2.07. The highest BCUT2D eigenvalue weighted by Crippen LogP contribution is 2.39. The number of nitrogen functional groups attached to an aromatic ring is 2. The molecule has 1 heterocycles. The van der Waals surface area contributed by atoms with E-state index in [4.69, 9.17) is 36.1 Å². The lowest BCUT2D eigenvalue weighted by Gasteiger charge is -2.16. The first-order chi connectivity index (χ1) is 16.0. The maximum atomic E-state index is 12.0. The summed E-state index contributed by atoms with van der Waals surface area (Å²) in [6.07, 6.45) is 6.38. The quantitative estimate of drug-likeness (QED) is 0.250. The van der Waals surface area contributed by atoms with Crippen molar-refractivity contribution in [3.63, 3.8) is 0 Å². The molecule has 0 fully saturated rings. The van der Waals surface area contributed by atoms with Crippen molar-refractivity contribution in [1.82, 2.24) is 9.97 Å². The topological polar surface area (TPSA) is 158 Å². The zero-order valence-corrected chi connectivity index (χ0v) is 19.5. The SMILES string of the molecule is COc1cc(Cc2cnc(N)nc2N)cc(OC)c1OCCCCC(=O)CCCCOCN. The zero-order chi connectivity index (χ0) is 24.1. The standard InChI is InChI=1S/C23H35N5O5/c1-30-19-12-16(11-17-14-27-23(26)28-22(17)25)13-20(31-2)21(19)33-10-6-4-8-18(29)7-3-5-9-32-15-24/h12-14H,3-11,15,24H2,1-2H3,(H4,25,26,27,28). The van der Waals surface area contributed by atoms with Crippen LogP contribution in [0.25, 0.3) is 0 Å². The molecule has 1 aromatic carbocycles. The number of aromatic nitrogens is 2. The second-order valence-electron chi connectivity index (χ2n) is 7.52. The lowest BCUT2D eigenvalue weighted by atomic mass is 10.1. The van der Waals surface area contributed by atoms with E-state index in [9.17, 15) is 4.79 Å². The van der Waals surface area contributed by atoms with Gasteiger partial charge in [0.15, 0.2) is 11.5 Å². The van der Waals surface area contributed by atoms with Gasteiger partial charge >= 0.3 is 0 Å². The van der Waals surface area contributed by atoms with E-state index in [-0.39, 0.29) is 18.5 Å². The van der Waals surface area contributed by atoms with Gasteiger partial charge in [0.25, 0.3) is 0 Å². The van der Waals surface area contributed by atoms with E-state index in [2.05, 4.69) is 9.97 Å². The summed E-state index contributed by atoms with van der Waals surface area (Å²) in [7, 11) is 3.15. The van der Waals surface area contributed by atoms with Crippen LogP contribution < -0.4 is 31.4 Å². The molecule has 10 nitrogen and oxygen atoms in total. The predicted molar refractivity (Wildman–Crippen MR) is 126 cm³/mol. The molecule has 1 aromatic heterocycles. The van der Waals surface area contributed by atoms with Crippen LogP contribution in [0.15, 0.2) is 18.3 Å². The molecule has 0 radical (unpaired) electrons. The van der Waals surface area contributed by atoms with Crippen LogP contribution in [0.2, 0.25) is 0 Å². The molecule has 0 saturated carbocycles. The first-order valence-corrected chi connectivity index (χ1v) is 11.0. The Bertz CT molecular complexity index is 869. The molecule has 10 heteroatoms. The van der Waals surface area contributed by atoms with Crippen LogP contribution in [0.3, 0.4) is 0 Å². The number of Topliss-reactive ketones (excluding diaryl/α,β-unsaturated/α-hetero) is 1. The second-order valence-corrected chi connectivity index (χ2v) is 7.52. The Morgan fingerprint density at radius 3 is 2.18 bits per heavy atom. The van der Waals surface area contributed by atoms with Gasteiger partial charge in [-0.05, 0) is 43.4 Å². The average molecular weight is 462 g/mol. The lowest BCUT2D eigenvalue weighted by molar-refractivity contribution is -0.119. The zero-order valence-electron chi connectivity index (χ0n) is 19.5. The van der Waals surface area contributed by atoms with Crippen molar-refractivity contribution in [1.29, 1.82) is 0 Å². The number of rotatable bonds is 16. The monoisotopic (exact) mass is 461 g/mol. The first kappa shape index (κ1) is 26.1. The van der Waals surface area contributed by atoms with Gasteiger partial charge in [-0.25, -0.2) is 4.98 Å². The summed E-state index contributed by atoms with van der Waals surface area (Å²) in [6.45, 7) is 1.27. The van der Waals surface area contributed by atoms with Crippen molar-refractivity contribution in [2.45, 2.75) is 44.9 Å². The van der Waals surface area contributed by atoms with Gasteiger partial charge in [0.05, 0.1) is 27.6 Å². The van der Waals surface area contributed by atoms with Crippen LogP contribution in [-0.4, -0.2) is 49.9 Å². The minimum absolute atomic E-state index is 0.133. The van der Waals surface area contributed by atoms with Gasteiger partial charge < -0.3 is 36.1 Å². The third-order valence-corrected chi connectivity index (χ3v) is 5.04. The smallest absolute Gasteiger partial charge is 0.221 e. The van der Waals surface area contributed by atoms with Crippen molar-refractivity contribution in [3.8, 4) is 17.2 Å². The summed E-state index contributed by atoms with van der Waals surface area (Å²) in [5, 5.41) is 0. The molecule has 0 unspecified atom stereocenters. The van der Waals surface area contributed by atoms with E-state index in [1.165, 1.54) is 0 Å². The van der Waals surface area contributed by atoms with Crippen molar-refractivity contribution in [2.24, 2.45) is 5.73 Å². The molecule has 0 amide bonds. The van der Waals surface area contributed by atoms with E-state index in [0.29, 0.717) is 55.5 Å². The molecule has 0 aliphatic carbocycles. The van der Waals surface area contributed by atoms with Crippen LogP contribution in [0.1, 0.15) is 49.7 Å². The Balaban J connectivity index is 1.87. The number of anilines is 2. The van der Waals surface area contributed by atoms with Gasteiger partial charge in [0, 0.05) is 37.6 Å². The molecule has 33 heavy (non-hydrogen) atoms. The van der Waals surface area contributed by atoms with E-state index in [1.54, 1.807) is 20.4 Å². The summed E-state index contributed by atoms with van der Waals surface area (Å²) >= 11 is 0. The minimum Gasteiger partial charge on any atom is -0.493 e. The van der Waals surface area contributed by atoms with Crippen molar-refractivity contribution < 1.29 is 23.7 Å². The fourth-order valence-electron chi connectivity index (χ4n) is 3.30. The van der Waals surface area contributed by atoms with Crippen LogP contribution in [0.4, 0.5) is 11.8 Å². The van der Waals surface area contributed by atoms with Crippen molar-refractivity contribution >= 4 is 17.5 Å². The molecule has 2 aromatic rings. The number of nitrogens with two attached hydrogens (primary N) is 3. The summed E-state index contributed by atoms with van der Waals surface area (Å²) < 4.78 is 22.1. The van der Waals surface area contributed by atoms with Gasteiger partial charge in [-0.2, -0.15) is 4.98 Å². The molecule has 0 aliphatic rings. The average Bonchev–Trinajstić information content (AvgIpc) is 2.80. The molecule has 0 spiro atoms. The highest BCUT2D eigenvalue weighted by molar-refractivity contribution is 5.78. The Morgan fingerprint density at radius 2 is 1.61 bits per heavy atom. The normalized spacial score (nSPS) is 10.8. The fourth-order valence-corrected chi connectivity index (χ4v) is 3.30. The number of ether oxygens (including phenoxy) is 4. The number of nitrogens with zero attached hydrogens (tertiary/aromatic N) is 2. The molecule has 0 aliphatic heterocycles. The number of hydrogen-bond donors (Lipinski definition) is 3. The van der Waals surface area contributed by atoms with Crippen LogP contribution in [0, 0.1) is 0 Å². The van der Waals surface area contributed by atoms with E-state index in [0.717, 1.165) is 36.8 Å². The number of benzene rings is 1. The molecule has 0 atom stereocenters. The van der Waals surface area contributed by atoms with E-state index in [1.807, 2.05) is 12.1 Å². The Labute approximate surface area is 194 Å². The van der Waals surface area contributed by atoms with Gasteiger partial charge in [-0.1, -0.05) is 0 Å². The Hall–Kier alpha value is -3.11. The van der Waals surface area contributed by atoms with E-state index < -0.39 is 0 Å². The number of ketones is 1. The minimum atomic E-state index is 0.133. The molecular weight excluding hydrogens is 426 g/mol. The number of unbranched alkanes of at least 4 members (excludes halogenated alkanes) is 2. The number of methoxy groups -OCH3 is 2. The van der Waals surface area contributed by atoms with Gasteiger partial charge in [-0.15, -0.1) is 0 Å². The highest BCUT2D eigenvalue weighted by Gasteiger charge is 2.16. The maximum Gasteiger partial charge on any atom is 0.221 e. The second kappa shape index (κ2) is 14.1. The van der Waals surface area contributed by atoms with E-state index >= 15 is 0 Å². The third-order valence-electron chi connectivity index (χ3n) is 5.04. The molecule has 182 valence electrons. The molecule has 0 saturated heterocycles. The summed E-state index contributed by atoms with van der Waals surface area (Å²) in [5.41, 5.74) is 18.4. The molecular formula is C23H35N5O5. The first-order valence-electron chi connectivity index (χ1n) is 11.0. The number of carbonyl (C=O) groups is 1.